The van der Waals surface area contributed by atoms with Crippen molar-refractivity contribution in [3.63, 3.8) is 0 Å². The molecule has 2 heteroatoms. The van der Waals surface area contributed by atoms with Gasteiger partial charge in [0.25, 0.3) is 0 Å². The fourth-order valence-corrected chi connectivity index (χ4v) is 2.77. The zero-order valence-corrected chi connectivity index (χ0v) is 11.9. The van der Waals surface area contributed by atoms with Crippen LogP contribution in [0.3, 0.4) is 0 Å². The van der Waals surface area contributed by atoms with Gasteiger partial charge in [-0.2, -0.15) is 0 Å². The third-order valence-electron chi connectivity index (χ3n) is 3.42. The minimum atomic E-state index is 0.800. The summed E-state index contributed by atoms with van der Waals surface area (Å²) in [4.78, 5) is 2.26. The van der Waals surface area contributed by atoms with Crippen molar-refractivity contribution in [1.29, 1.82) is 0 Å². The highest BCUT2D eigenvalue weighted by Crippen LogP contribution is 2.28. The Morgan fingerprint density at radius 1 is 1.00 bits per heavy atom. The maximum atomic E-state index is 6.08. The maximum Gasteiger partial charge on any atom is 0.0482 e. The minimum Gasteiger partial charge on any atom is -0.343 e. The molecule has 3 rings (SSSR count). The van der Waals surface area contributed by atoms with Gasteiger partial charge in [0, 0.05) is 23.5 Å². The molecular formula is C17H16ClN. The van der Waals surface area contributed by atoms with Gasteiger partial charge in [0.15, 0.2) is 0 Å². The van der Waals surface area contributed by atoms with E-state index >= 15 is 0 Å². The average molecular weight is 270 g/mol. The van der Waals surface area contributed by atoms with Gasteiger partial charge >= 0.3 is 0 Å². The number of nitrogens with zero attached hydrogens (tertiary/aromatic N) is 1. The van der Waals surface area contributed by atoms with Crippen molar-refractivity contribution >= 4 is 23.4 Å². The van der Waals surface area contributed by atoms with Crippen LogP contribution in [0.1, 0.15) is 22.3 Å². The number of hydrogen-bond donors (Lipinski definition) is 0. The van der Waals surface area contributed by atoms with E-state index in [2.05, 4.69) is 61.4 Å². The summed E-state index contributed by atoms with van der Waals surface area (Å²) < 4.78 is 0. The van der Waals surface area contributed by atoms with E-state index in [1.807, 2.05) is 6.07 Å². The fourth-order valence-electron chi connectivity index (χ4n) is 2.57. The second-order valence-corrected chi connectivity index (χ2v) is 5.57. The summed E-state index contributed by atoms with van der Waals surface area (Å²) in [6, 6.07) is 12.7. The van der Waals surface area contributed by atoms with E-state index in [-0.39, 0.29) is 0 Å². The van der Waals surface area contributed by atoms with Gasteiger partial charge in [-0.1, -0.05) is 23.7 Å². The summed E-state index contributed by atoms with van der Waals surface area (Å²) in [5.74, 6) is 0. The van der Waals surface area contributed by atoms with Gasteiger partial charge in [-0.25, -0.2) is 0 Å². The van der Waals surface area contributed by atoms with Crippen LogP contribution in [0.4, 0.5) is 5.69 Å². The first-order chi connectivity index (χ1) is 9.11. The summed E-state index contributed by atoms with van der Waals surface area (Å²) in [5.41, 5.74) is 6.35. The van der Waals surface area contributed by atoms with E-state index in [4.69, 9.17) is 11.6 Å². The highest BCUT2D eigenvalue weighted by Gasteiger charge is 2.12. The normalized spacial score (nSPS) is 13.5. The molecule has 1 heterocycles. The van der Waals surface area contributed by atoms with Gasteiger partial charge < -0.3 is 4.90 Å². The molecule has 19 heavy (non-hydrogen) atoms. The molecule has 0 spiro atoms. The third kappa shape index (κ3) is 2.52. The second kappa shape index (κ2) is 4.75. The second-order valence-electron chi connectivity index (χ2n) is 5.13. The Balaban J connectivity index is 1.97. The molecule has 0 radical (unpaired) electrons. The molecule has 0 N–H and O–H groups in total. The first kappa shape index (κ1) is 12.3. The predicted octanol–water partition coefficient (Wildman–Crippen LogP) is 4.95. The SMILES string of the molecule is Cc1cc(C)cc(N2C=Cc3ccc(Cl)cc3C2)c1. The highest BCUT2D eigenvalue weighted by atomic mass is 35.5. The standard InChI is InChI=1S/C17H16ClN/c1-12-7-13(2)9-17(8-12)19-6-5-14-3-4-16(18)10-15(14)11-19/h3-10H,11H2,1-2H3. The van der Waals surface area contributed by atoms with E-state index in [1.165, 1.54) is 27.9 Å². The number of anilines is 1. The van der Waals surface area contributed by atoms with Crippen LogP contribution in [0.2, 0.25) is 5.02 Å². The number of fused-ring (bicyclic) bond motifs is 1. The number of rotatable bonds is 1. The highest BCUT2D eigenvalue weighted by molar-refractivity contribution is 6.30. The van der Waals surface area contributed by atoms with Crippen LogP contribution in [0, 0.1) is 13.8 Å². The number of aryl methyl sites for hydroxylation is 2. The zero-order valence-electron chi connectivity index (χ0n) is 11.2. The quantitative estimate of drug-likeness (QED) is 0.708. The first-order valence-corrected chi connectivity index (χ1v) is 6.81. The lowest BCUT2D eigenvalue weighted by molar-refractivity contribution is 0.952. The molecule has 0 unspecified atom stereocenters. The Bertz CT molecular complexity index is 638. The lowest BCUT2D eigenvalue weighted by Gasteiger charge is -2.26. The van der Waals surface area contributed by atoms with Gasteiger partial charge in [-0.05, 0) is 66.4 Å². The van der Waals surface area contributed by atoms with Crippen molar-refractivity contribution in [2.75, 3.05) is 4.90 Å². The van der Waals surface area contributed by atoms with Crippen LogP contribution in [0.25, 0.3) is 6.08 Å². The van der Waals surface area contributed by atoms with Gasteiger partial charge in [0.1, 0.15) is 0 Å². The van der Waals surface area contributed by atoms with Crippen LogP contribution >= 0.6 is 11.6 Å². The molecule has 0 bridgehead atoms. The topological polar surface area (TPSA) is 3.24 Å². The number of hydrogen-bond acceptors (Lipinski definition) is 1. The van der Waals surface area contributed by atoms with E-state index in [1.54, 1.807) is 0 Å². The molecule has 1 nitrogen and oxygen atoms in total. The molecule has 0 aromatic heterocycles. The van der Waals surface area contributed by atoms with Crippen molar-refractivity contribution in [3.05, 3.63) is 69.9 Å². The van der Waals surface area contributed by atoms with Crippen molar-refractivity contribution in [2.45, 2.75) is 20.4 Å². The zero-order chi connectivity index (χ0) is 13.4. The summed E-state index contributed by atoms with van der Waals surface area (Å²) in [7, 11) is 0. The summed E-state index contributed by atoms with van der Waals surface area (Å²) in [6.07, 6.45) is 4.29. The van der Waals surface area contributed by atoms with Crippen LogP contribution in [0.15, 0.2) is 42.6 Å². The fraction of sp³-hybridized carbons (Fsp3) is 0.176. The van der Waals surface area contributed by atoms with Crippen LogP contribution < -0.4 is 4.90 Å². The summed E-state index contributed by atoms with van der Waals surface area (Å²) >= 11 is 6.08. The third-order valence-corrected chi connectivity index (χ3v) is 3.65. The molecule has 0 atom stereocenters. The molecule has 0 amide bonds. The van der Waals surface area contributed by atoms with Gasteiger partial charge in [-0.3, -0.25) is 0 Å². The Morgan fingerprint density at radius 2 is 1.74 bits per heavy atom. The van der Waals surface area contributed by atoms with Crippen LogP contribution in [-0.4, -0.2) is 0 Å². The van der Waals surface area contributed by atoms with E-state index in [0.29, 0.717) is 0 Å². The van der Waals surface area contributed by atoms with Gasteiger partial charge in [0.2, 0.25) is 0 Å². The summed E-state index contributed by atoms with van der Waals surface area (Å²) in [6.45, 7) is 5.14. The molecule has 96 valence electrons. The van der Waals surface area contributed by atoms with E-state index in [0.717, 1.165) is 11.6 Å². The van der Waals surface area contributed by atoms with Crippen molar-refractivity contribution in [1.82, 2.24) is 0 Å². The molecule has 0 saturated carbocycles. The Morgan fingerprint density at radius 3 is 2.47 bits per heavy atom. The molecular weight excluding hydrogens is 254 g/mol. The molecule has 2 aromatic carbocycles. The van der Waals surface area contributed by atoms with E-state index in [9.17, 15) is 0 Å². The van der Waals surface area contributed by atoms with Crippen molar-refractivity contribution in [3.8, 4) is 0 Å². The lowest BCUT2D eigenvalue weighted by atomic mass is 10.0. The first-order valence-electron chi connectivity index (χ1n) is 6.43. The largest absolute Gasteiger partial charge is 0.343 e. The van der Waals surface area contributed by atoms with Gasteiger partial charge in [-0.15, -0.1) is 0 Å². The minimum absolute atomic E-state index is 0.800. The number of halogens is 1. The van der Waals surface area contributed by atoms with E-state index < -0.39 is 0 Å². The summed E-state index contributed by atoms with van der Waals surface area (Å²) in [5, 5.41) is 0.800. The predicted molar refractivity (Wildman–Crippen MR) is 82.6 cm³/mol. The van der Waals surface area contributed by atoms with Crippen molar-refractivity contribution < 1.29 is 0 Å². The molecule has 0 saturated heterocycles. The number of benzene rings is 2. The van der Waals surface area contributed by atoms with Crippen LogP contribution in [0.5, 0.6) is 0 Å². The average Bonchev–Trinajstić information content (AvgIpc) is 2.36. The molecule has 2 aromatic rings. The molecule has 0 fully saturated rings. The Hall–Kier alpha value is -1.73. The van der Waals surface area contributed by atoms with Gasteiger partial charge in [0.05, 0.1) is 0 Å². The smallest absolute Gasteiger partial charge is 0.0482 e. The monoisotopic (exact) mass is 269 g/mol. The molecule has 1 aliphatic rings. The lowest BCUT2D eigenvalue weighted by Crippen LogP contribution is -2.19. The van der Waals surface area contributed by atoms with Crippen LogP contribution in [-0.2, 0) is 6.54 Å². The van der Waals surface area contributed by atoms with Crippen molar-refractivity contribution in [2.24, 2.45) is 0 Å². The Labute approximate surface area is 119 Å². The molecule has 1 aliphatic heterocycles. The molecule has 0 aliphatic carbocycles. The Kier molecular flexibility index (Phi) is 3.08. The maximum absolute atomic E-state index is 6.08.